The average Bonchev–Trinajstić information content (AvgIpc) is 3.11. The summed E-state index contributed by atoms with van der Waals surface area (Å²) in [5.74, 6) is 0.646. The summed E-state index contributed by atoms with van der Waals surface area (Å²) in [6.07, 6.45) is 1.17. The number of hydrogen-bond donors (Lipinski definition) is 2. The summed E-state index contributed by atoms with van der Waals surface area (Å²) < 4.78 is 0. The second-order valence-corrected chi connectivity index (χ2v) is 7.84. The maximum absolute atomic E-state index is 12.4. The lowest BCUT2D eigenvalue weighted by molar-refractivity contribution is -0.124. The van der Waals surface area contributed by atoms with Crippen LogP contribution in [-0.4, -0.2) is 57.3 Å². The molecule has 0 spiro atoms. The molecule has 0 bridgehead atoms. The summed E-state index contributed by atoms with van der Waals surface area (Å²) >= 11 is 2.47. The third-order valence-electron chi connectivity index (χ3n) is 3.93. The topological polar surface area (TPSA) is 86.7 Å². The molecule has 2 unspecified atom stereocenters. The number of aliphatic hydroxyl groups excluding tert-OH is 1. The summed E-state index contributed by atoms with van der Waals surface area (Å²) in [6.45, 7) is 0.0403. The van der Waals surface area contributed by atoms with Gasteiger partial charge in [-0.2, -0.15) is 11.8 Å². The van der Waals surface area contributed by atoms with Crippen molar-refractivity contribution >= 4 is 46.7 Å². The molecule has 1 aromatic carbocycles. The van der Waals surface area contributed by atoms with Crippen molar-refractivity contribution in [3.63, 3.8) is 0 Å². The van der Waals surface area contributed by atoms with Gasteiger partial charge in [0.05, 0.1) is 17.1 Å². The SMILES string of the molecule is O=C(CCN1C(=O)SC(=Cc2ccccc2)C1=O)NC1CSCC1O. The number of nitrogens with one attached hydrogen (secondary N) is 1. The lowest BCUT2D eigenvalue weighted by Gasteiger charge is -2.17. The standard InChI is InChI=1S/C17H18N2O4S2/c20-13-10-24-9-12(13)18-15(21)6-7-19-16(22)14(25-17(19)23)8-11-4-2-1-3-5-11/h1-5,8,12-13,20H,6-7,9-10H2,(H,18,21). The van der Waals surface area contributed by atoms with E-state index in [2.05, 4.69) is 5.32 Å². The molecule has 0 aliphatic carbocycles. The Morgan fingerprint density at radius 1 is 1.28 bits per heavy atom. The molecule has 2 fully saturated rings. The molecular weight excluding hydrogens is 360 g/mol. The number of amides is 3. The first-order chi connectivity index (χ1) is 12.0. The van der Waals surface area contributed by atoms with Gasteiger partial charge in [0, 0.05) is 24.5 Å². The molecule has 2 N–H and O–H groups in total. The number of carbonyl (C=O) groups is 3. The Morgan fingerprint density at radius 3 is 2.72 bits per heavy atom. The predicted molar refractivity (Wildman–Crippen MR) is 99.0 cm³/mol. The third kappa shape index (κ3) is 4.45. The largest absolute Gasteiger partial charge is 0.390 e. The first kappa shape index (κ1) is 18.0. The van der Waals surface area contributed by atoms with Gasteiger partial charge in [0.1, 0.15) is 0 Å². The van der Waals surface area contributed by atoms with E-state index in [1.54, 1.807) is 17.8 Å². The van der Waals surface area contributed by atoms with Crippen LogP contribution in [0.3, 0.4) is 0 Å². The van der Waals surface area contributed by atoms with Crippen molar-refractivity contribution in [2.45, 2.75) is 18.6 Å². The molecule has 1 aromatic rings. The molecular formula is C17H18N2O4S2. The lowest BCUT2D eigenvalue weighted by atomic mass is 10.2. The summed E-state index contributed by atoms with van der Waals surface area (Å²) in [5, 5.41) is 12.1. The summed E-state index contributed by atoms with van der Waals surface area (Å²) in [7, 11) is 0. The predicted octanol–water partition coefficient (Wildman–Crippen LogP) is 1.71. The molecule has 132 valence electrons. The molecule has 2 heterocycles. The number of thioether (sulfide) groups is 2. The molecule has 2 aliphatic heterocycles. The number of imide groups is 1. The number of aliphatic hydroxyl groups is 1. The Bertz CT molecular complexity index is 708. The van der Waals surface area contributed by atoms with Gasteiger partial charge in [0.2, 0.25) is 5.91 Å². The Hall–Kier alpha value is -1.77. The third-order valence-corrected chi connectivity index (χ3v) is 6.01. The highest BCUT2D eigenvalue weighted by Crippen LogP contribution is 2.32. The first-order valence-corrected chi connectivity index (χ1v) is 9.87. The number of rotatable bonds is 5. The Kier molecular flexibility index (Phi) is 5.82. The maximum atomic E-state index is 12.4. The molecule has 3 amide bonds. The molecule has 2 atom stereocenters. The average molecular weight is 378 g/mol. The van der Waals surface area contributed by atoms with E-state index in [0.29, 0.717) is 16.4 Å². The van der Waals surface area contributed by atoms with Crippen LogP contribution in [0.5, 0.6) is 0 Å². The molecule has 0 aromatic heterocycles. The van der Waals surface area contributed by atoms with Gasteiger partial charge < -0.3 is 10.4 Å². The van der Waals surface area contributed by atoms with Crippen molar-refractivity contribution in [2.75, 3.05) is 18.1 Å². The number of benzene rings is 1. The van der Waals surface area contributed by atoms with Crippen LogP contribution in [0.15, 0.2) is 35.2 Å². The normalized spacial score (nSPS) is 25.0. The van der Waals surface area contributed by atoms with E-state index in [1.807, 2.05) is 30.3 Å². The summed E-state index contributed by atoms with van der Waals surface area (Å²) in [6, 6.07) is 9.04. The fourth-order valence-electron chi connectivity index (χ4n) is 2.57. The molecule has 6 nitrogen and oxygen atoms in total. The molecule has 25 heavy (non-hydrogen) atoms. The minimum atomic E-state index is -0.542. The molecule has 2 saturated heterocycles. The van der Waals surface area contributed by atoms with E-state index in [-0.39, 0.29) is 36.1 Å². The zero-order valence-corrected chi connectivity index (χ0v) is 15.0. The van der Waals surface area contributed by atoms with E-state index in [9.17, 15) is 19.5 Å². The van der Waals surface area contributed by atoms with Gasteiger partial charge in [-0.3, -0.25) is 19.3 Å². The Labute approximate surface area is 154 Å². The first-order valence-electron chi connectivity index (χ1n) is 7.90. The van der Waals surface area contributed by atoms with Crippen molar-refractivity contribution in [1.82, 2.24) is 10.2 Å². The highest BCUT2D eigenvalue weighted by atomic mass is 32.2. The van der Waals surface area contributed by atoms with Crippen molar-refractivity contribution < 1.29 is 19.5 Å². The lowest BCUT2D eigenvalue weighted by Crippen LogP contribution is -2.43. The quantitative estimate of drug-likeness (QED) is 0.759. The zero-order chi connectivity index (χ0) is 17.8. The number of carbonyl (C=O) groups excluding carboxylic acids is 3. The molecule has 0 saturated carbocycles. The van der Waals surface area contributed by atoms with Crippen molar-refractivity contribution in [2.24, 2.45) is 0 Å². The second-order valence-electron chi connectivity index (χ2n) is 5.77. The van der Waals surface area contributed by atoms with E-state index in [4.69, 9.17) is 0 Å². The smallest absolute Gasteiger partial charge is 0.293 e. The molecule has 3 rings (SSSR count). The molecule has 8 heteroatoms. The Morgan fingerprint density at radius 2 is 2.04 bits per heavy atom. The fraction of sp³-hybridized carbons (Fsp3) is 0.353. The Balaban J connectivity index is 1.56. The van der Waals surface area contributed by atoms with Crippen molar-refractivity contribution in [1.29, 1.82) is 0 Å². The van der Waals surface area contributed by atoms with E-state index in [1.165, 1.54) is 0 Å². The van der Waals surface area contributed by atoms with Gasteiger partial charge in [-0.05, 0) is 23.4 Å². The molecule has 0 radical (unpaired) electrons. The highest BCUT2D eigenvalue weighted by Gasteiger charge is 2.35. The van der Waals surface area contributed by atoms with Crippen LogP contribution in [0.25, 0.3) is 6.08 Å². The van der Waals surface area contributed by atoms with Crippen molar-refractivity contribution in [3.05, 3.63) is 40.8 Å². The van der Waals surface area contributed by atoms with Crippen LogP contribution >= 0.6 is 23.5 Å². The van der Waals surface area contributed by atoms with Gasteiger partial charge in [0.25, 0.3) is 11.1 Å². The van der Waals surface area contributed by atoms with Gasteiger partial charge >= 0.3 is 0 Å². The number of hydrogen-bond acceptors (Lipinski definition) is 6. The van der Waals surface area contributed by atoms with Crippen LogP contribution in [-0.2, 0) is 9.59 Å². The van der Waals surface area contributed by atoms with Crippen LogP contribution in [0.4, 0.5) is 4.79 Å². The van der Waals surface area contributed by atoms with Gasteiger partial charge in [-0.1, -0.05) is 30.3 Å². The minimum Gasteiger partial charge on any atom is -0.390 e. The minimum absolute atomic E-state index is 0.0323. The van der Waals surface area contributed by atoms with Crippen molar-refractivity contribution in [3.8, 4) is 0 Å². The maximum Gasteiger partial charge on any atom is 0.293 e. The van der Waals surface area contributed by atoms with Crippen LogP contribution < -0.4 is 5.32 Å². The van der Waals surface area contributed by atoms with E-state index in [0.717, 1.165) is 22.2 Å². The van der Waals surface area contributed by atoms with Gasteiger partial charge in [0.15, 0.2) is 0 Å². The van der Waals surface area contributed by atoms with Gasteiger partial charge in [-0.25, -0.2) is 0 Å². The summed E-state index contributed by atoms with van der Waals surface area (Å²) in [5.41, 5.74) is 0.846. The van der Waals surface area contributed by atoms with Gasteiger partial charge in [-0.15, -0.1) is 0 Å². The number of nitrogens with zero attached hydrogens (tertiary/aromatic N) is 1. The molecule has 2 aliphatic rings. The van der Waals surface area contributed by atoms with Crippen LogP contribution in [0.1, 0.15) is 12.0 Å². The zero-order valence-electron chi connectivity index (χ0n) is 13.4. The van der Waals surface area contributed by atoms with E-state index >= 15 is 0 Å². The van der Waals surface area contributed by atoms with Crippen LogP contribution in [0, 0.1) is 0 Å². The summed E-state index contributed by atoms with van der Waals surface area (Å²) in [4.78, 5) is 37.9. The van der Waals surface area contributed by atoms with E-state index < -0.39 is 6.10 Å². The highest BCUT2D eigenvalue weighted by molar-refractivity contribution is 8.18. The van der Waals surface area contributed by atoms with Crippen LogP contribution in [0.2, 0.25) is 0 Å². The second kappa shape index (κ2) is 8.07. The monoisotopic (exact) mass is 378 g/mol. The fourth-order valence-corrected chi connectivity index (χ4v) is 4.60.